The Hall–Kier alpha value is -2.19. The molecule has 1 heterocycles. The highest BCUT2D eigenvalue weighted by Gasteiger charge is 2.15. The maximum atomic E-state index is 4.47. The molecule has 3 aromatic rings. The quantitative estimate of drug-likeness (QED) is 0.771. The maximum absolute atomic E-state index is 4.47. The summed E-state index contributed by atoms with van der Waals surface area (Å²) in [5.74, 6) is 0. The number of hydrogen-bond acceptors (Lipinski definition) is 2. The second-order valence-electron chi connectivity index (χ2n) is 5.32. The Morgan fingerprint density at radius 2 is 1.90 bits per heavy atom. The van der Waals surface area contributed by atoms with E-state index in [0.29, 0.717) is 0 Å². The number of hydrogen-bond donors (Lipinski definition) is 1. The van der Waals surface area contributed by atoms with Gasteiger partial charge >= 0.3 is 0 Å². The van der Waals surface area contributed by atoms with Crippen molar-refractivity contribution in [2.24, 2.45) is 0 Å². The van der Waals surface area contributed by atoms with Gasteiger partial charge in [0.2, 0.25) is 0 Å². The number of aromatic nitrogens is 1. The van der Waals surface area contributed by atoms with E-state index < -0.39 is 0 Å². The van der Waals surface area contributed by atoms with E-state index in [9.17, 15) is 0 Å². The third-order valence-electron chi connectivity index (χ3n) is 3.77. The van der Waals surface area contributed by atoms with Gasteiger partial charge in [0.15, 0.2) is 0 Å². The summed E-state index contributed by atoms with van der Waals surface area (Å²) < 4.78 is 0. The lowest BCUT2D eigenvalue weighted by molar-refractivity contribution is 0.634. The highest BCUT2D eigenvalue weighted by atomic mass is 14.9. The lowest BCUT2D eigenvalue weighted by Gasteiger charge is -2.21. The summed E-state index contributed by atoms with van der Waals surface area (Å²) in [6, 6.07) is 19.4. The lowest BCUT2D eigenvalue weighted by Crippen LogP contribution is -2.22. The number of fused-ring (bicyclic) bond motifs is 1. The molecule has 0 amide bonds. The third-order valence-corrected chi connectivity index (χ3v) is 3.77. The SMILES string of the molecule is CCNC(c1cccc(C)c1)c1cccc2ncccc12. The van der Waals surface area contributed by atoms with Crippen molar-refractivity contribution in [2.75, 3.05) is 6.54 Å². The van der Waals surface area contributed by atoms with Gasteiger partial charge in [-0.15, -0.1) is 0 Å². The average molecular weight is 276 g/mol. The van der Waals surface area contributed by atoms with Crippen molar-refractivity contribution in [1.29, 1.82) is 0 Å². The molecule has 3 rings (SSSR count). The van der Waals surface area contributed by atoms with Crippen molar-refractivity contribution < 1.29 is 0 Å². The Morgan fingerprint density at radius 3 is 2.71 bits per heavy atom. The largest absolute Gasteiger partial charge is 0.307 e. The zero-order valence-electron chi connectivity index (χ0n) is 12.5. The van der Waals surface area contributed by atoms with Gasteiger partial charge in [-0.2, -0.15) is 0 Å². The van der Waals surface area contributed by atoms with Crippen LogP contribution in [0.25, 0.3) is 10.9 Å². The molecule has 21 heavy (non-hydrogen) atoms. The summed E-state index contributed by atoms with van der Waals surface area (Å²) in [5.41, 5.74) is 4.92. The predicted molar refractivity (Wildman–Crippen MR) is 88.4 cm³/mol. The number of nitrogens with zero attached hydrogens (tertiary/aromatic N) is 1. The van der Waals surface area contributed by atoms with Crippen LogP contribution in [0.5, 0.6) is 0 Å². The average Bonchev–Trinajstić information content (AvgIpc) is 2.52. The maximum Gasteiger partial charge on any atom is 0.0705 e. The van der Waals surface area contributed by atoms with E-state index in [1.165, 1.54) is 22.1 Å². The summed E-state index contributed by atoms with van der Waals surface area (Å²) >= 11 is 0. The van der Waals surface area contributed by atoms with Crippen LogP contribution in [0, 0.1) is 6.92 Å². The fraction of sp³-hybridized carbons (Fsp3) is 0.211. The fourth-order valence-electron chi connectivity index (χ4n) is 2.84. The van der Waals surface area contributed by atoms with Gasteiger partial charge in [0.1, 0.15) is 0 Å². The van der Waals surface area contributed by atoms with Gasteiger partial charge in [-0.1, -0.05) is 55.0 Å². The molecule has 1 atom stereocenters. The first-order valence-corrected chi connectivity index (χ1v) is 7.43. The second-order valence-corrected chi connectivity index (χ2v) is 5.32. The van der Waals surface area contributed by atoms with Crippen LogP contribution in [0.4, 0.5) is 0 Å². The van der Waals surface area contributed by atoms with Gasteiger partial charge in [0.25, 0.3) is 0 Å². The van der Waals surface area contributed by atoms with E-state index in [-0.39, 0.29) is 6.04 Å². The van der Waals surface area contributed by atoms with Crippen molar-refractivity contribution >= 4 is 10.9 Å². The molecule has 0 bridgehead atoms. The van der Waals surface area contributed by atoms with Gasteiger partial charge < -0.3 is 5.32 Å². The molecule has 0 aliphatic rings. The van der Waals surface area contributed by atoms with Gasteiger partial charge in [0.05, 0.1) is 11.6 Å². The first-order valence-electron chi connectivity index (χ1n) is 7.43. The summed E-state index contributed by atoms with van der Waals surface area (Å²) in [7, 11) is 0. The molecule has 0 aliphatic carbocycles. The van der Waals surface area contributed by atoms with Crippen molar-refractivity contribution in [3.63, 3.8) is 0 Å². The molecule has 1 unspecified atom stereocenters. The smallest absolute Gasteiger partial charge is 0.0705 e. The number of nitrogens with one attached hydrogen (secondary N) is 1. The summed E-state index contributed by atoms with van der Waals surface area (Å²) in [4.78, 5) is 4.47. The standard InChI is InChI=1S/C19H20N2/c1-3-20-19(15-8-4-7-14(2)13-15)17-9-5-11-18-16(17)10-6-12-21-18/h4-13,19-20H,3H2,1-2H3. The molecule has 1 aromatic heterocycles. The van der Waals surface area contributed by atoms with Crippen molar-refractivity contribution in [2.45, 2.75) is 19.9 Å². The molecule has 106 valence electrons. The van der Waals surface area contributed by atoms with Gasteiger partial charge in [-0.05, 0) is 36.7 Å². The molecule has 0 spiro atoms. The van der Waals surface area contributed by atoms with E-state index >= 15 is 0 Å². The second kappa shape index (κ2) is 6.06. The molecular formula is C19H20N2. The first-order chi connectivity index (χ1) is 10.3. The number of benzene rings is 2. The van der Waals surface area contributed by atoms with E-state index in [2.05, 4.69) is 72.7 Å². The van der Waals surface area contributed by atoms with Crippen LogP contribution in [-0.4, -0.2) is 11.5 Å². The van der Waals surface area contributed by atoms with Gasteiger partial charge in [-0.3, -0.25) is 4.98 Å². The Bertz CT molecular complexity index is 744. The molecule has 2 aromatic carbocycles. The molecule has 0 saturated carbocycles. The third kappa shape index (κ3) is 2.81. The van der Waals surface area contributed by atoms with E-state index in [4.69, 9.17) is 0 Å². The van der Waals surface area contributed by atoms with Gasteiger partial charge in [-0.25, -0.2) is 0 Å². The number of rotatable bonds is 4. The van der Waals surface area contributed by atoms with Crippen LogP contribution in [0.2, 0.25) is 0 Å². The predicted octanol–water partition coefficient (Wildman–Crippen LogP) is 4.24. The minimum absolute atomic E-state index is 0.197. The summed E-state index contributed by atoms with van der Waals surface area (Å²) in [6.45, 7) is 5.21. The Labute approximate surface area is 125 Å². The Balaban J connectivity index is 2.16. The molecule has 0 aliphatic heterocycles. The molecule has 0 saturated heterocycles. The van der Waals surface area contributed by atoms with Crippen molar-refractivity contribution in [3.05, 3.63) is 77.5 Å². The molecule has 0 radical (unpaired) electrons. The minimum atomic E-state index is 0.197. The molecule has 2 nitrogen and oxygen atoms in total. The normalized spacial score (nSPS) is 12.5. The van der Waals surface area contributed by atoms with Crippen LogP contribution in [-0.2, 0) is 0 Å². The number of aryl methyl sites for hydroxylation is 1. The fourth-order valence-corrected chi connectivity index (χ4v) is 2.84. The van der Waals surface area contributed by atoms with Crippen LogP contribution in [0.1, 0.15) is 29.7 Å². The molecule has 0 fully saturated rings. The lowest BCUT2D eigenvalue weighted by atomic mass is 9.94. The monoisotopic (exact) mass is 276 g/mol. The van der Waals surface area contributed by atoms with Crippen LogP contribution >= 0.6 is 0 Å². The van der Waals surface area contributed by atoms with Crippen LogP contribution in [0.15, 0.2) is 60.8 Å². The van der Waals surface area contributed by atoms with Crippen molar-refractivity contribution in [1.82, 2.24) is 10.3 Å². The Kier molecular flexibility index (Phi) is 3.98. The first kappa shape index (κ1) is 13.8. The van der Waals surface area contributed by atoms with E-state index in [1.807, 2.05) is 12.3 Å². The summed E-state index contributed by atoms with van der Waals surface area (Å²) in [6.07, 6.45) is 1.85. The Morgan fingerprint density at radius 1 is 1.05 bits per heavy atom. The van der Waals surface area contributed by atoms with E-state index in [1.54, 1.807) is 0 Å². The zero-order chi connectivity index (χ0) is 14.7. The zero-order valence-corrected chi connectivity index (χ0v) is 12.5. The topological polar surface area (TPSA) is 24.9 Å². The minimum Gasteiger partial charge on any atom is -0.307 e. The molecule has 1 N–H and O–H groups in total. The van der Waals surface area contributed by atoms with Crippen LogP contribution in [0.3, 0.4) is 0 Å². The highest BCUT2D eigenvalue weighted by Crippen LogP contribution is 2.28. The van der Waals surface area contributed by atoms with E-state index in [0.717, 1.165) is 12.1 Å². The molecular weight excluding hydrogens is 256 g/mol. The summed E-state index contributed by atoms with van der Waals surface area (Å²) in [5, 5.41) is 4.82. The van der Waals surface area contributed by atoms with Crippen LogP contribution < -0.4 is 5.32 Å². The number of pyridine rings is 1. The van der Waals surface area contributed by atoms with Crippen molar-refractivity contribution in [3.8, 4) is 0 Å². The van der Waals surface area contributed by atoms with Gasteiger partial charge in [0, 0.05) is 11.6 Å². The highest BCUT2D eigenvalue weighted by molar-refractivity contribution is 5.83. The molecule has 2 heteroatoms.